The number of carboxylic acid groups (broad SMARTS) is 1. The highest BCUT2D eigenvalue weighted by atomic mass is 35.5. The van der Waals surface area contributed by atoms with Gasteiger partial charge >= 0.3 is 5.97 Å². The molecule has 0 amide bonds. The van der Waals surface area contributed by atoms with Crippen LogP contribution in [0.25, 0.3) is 0 Å². The van der Waals surface area contributed by atoms with Crippen LogP contribution in [0.1, 0.15) is 88.2 Å². The molecule has 6 nitrogen and oxygen atoms in total. The van der Waals surface area contributed by atoms with Crippen molar-refractivity contribution < 1.29 is 18.7 Å². The van der Waals surface area contributed by atoms with E-state index in [9.17, 15) is 18.7 Å². The Kier molecular flexibility index (Phi) is 13.4. The van der Waals surface area contributed by atoms with Crippen molar-refractivity contribution >= 4 is 43.2 Å². The minimum atomic E-state index is -0.816. The third-order valence-electron chi connectivity index (χ3n) is 10.3. The summed E-state index contributed by atoms with van der Waals surface area (Å²) in [6, 6.07) is 3.34. The van der Waals surface area contributed by atoms with E-state index in [2.05, 4.69) is 23.4 Å². The van der Waals surface area contributed by atoms with Gasteiger partial charge in [0.25, 0.3) is 0 Å². The van der Waals surface area contributed by atoms with Gasteiger partial charge in [0, 0.05) is 36.3 Å². The first-order chi connectivity index (χ1) is 19.1. The summed E-state index contributed by atoms with van der Waals surface area (Å²) in [7, 11) is 1.90. The van der Waals surface area contributed by atoms with Gasteiger partial charge in [0.15, 0.2) is 0 Å². The first-order valence-electron chi connectivity index (χ1n) is 15.3. The lowest BCUT2D eigenvalue weighted by Gasteiger charge is -2.41. The largest absolute Gasteiger partial charge is 0.480 e. The normalized spacial score (nSPS) is 23.5. The maximum Gasteiger partial charge on any atom is 0.321 e. The Bertz CT molecular complexity index is 1220. The predicted octanol–water partition coefficient (Wildman–Crippen LogP) is 6.89. The van der Waals surface area contributed by atoms with Gasteiger partial charge in [-0.15, -0.1) is 37.2 Å². The van der Waals surface area contributed by atoms with Gasteiger partial charge in [-0.2, -0.15) is 5.10 Å². The molecule has 1 saturated carbocycles. The van der Waals surface area contributed by atoms with E-state index in [1.54, 1.807) is 0 Å². The predicted molar refractivity (Wildman–Crippen MR) is 174 cm³/mol. The number of rotatable bonds is 9. The van der Waals surface area contributed by atoms with Gasteiger partial charge in [-0.3, -0.25) is 14.4 Å². The lowest BCUT2D eigenvalue weighted by Crippen LogP contribution is -2.47. The van der Waals surface area contributed by atoms with Gasteiger partial charge in [-0.25, -0.2) is 8.78 Å². The molecular formula is C32H49Cl3F2N4O2. The second-order valence-electron chi connectivity index (χ2n) is 12.9. The first kappa shape index (κ1) is 37.7. The summed E-state index contributed by atoms with van der Waals surface area (Å²) in [5.41, 5.74) is 5.14. The summed E-state index contributed by atoms with van der Waals surface area (Å²) < 4.78 is 30.9. The van der Waals surface area contributed by atoms with Crippen LogP contribution in [0.2, 0.25) is 0 Å². The lowest BCUT2D eigenvalue weighted by molar-refractivity contribution is -0.145. The van der Waals surface area contributed by atoms with E-state index in [0.717, 1.165) is 64.3 Å². The fourth-order valence-corrected chi connectivity index (χ4v) is 8.37. The zero-order valence-electron chi connectivity index (χ0n) is 26.0. The molecule has 2 fully saturated rings. The summed E-state index contributed by atoms with van der Waals surface area (Å²) in [4.78, 5) is 16.6. The fourth-order valence-electron chi connectivity index (χ4n) is 8.37. The summed E-state index contributed by atoms with van der Waals surface area (Å²) in [6.45, 7) is 12.0. The Morgan fingerprint density at radius 1 is 1.07 bits per heavy atom. The van der Waals surface area contributed by atoms with Gasteiger partial charge in [-0.1, -0.05) is 20.8 Å². The van der Waals surface area contributed by atoms with Crippen molar-refractivity contribution in [2.75, 3.05) is 26.7 Å². The van der Waals surface area contributed by atoms with E-state index in [0.29, 0.717) is 12.0 Å². The van der Waals surface area contributed by atoms with Crippen LogP contribution in [0.5, 0.6) is 0 Å². The van der Waals surface area contributed by atoms with Crippen LogP contribution in [0.15, 0.2) is 18.2 Å². The van der Waals surface area contributed by atoms with Crippen LogP contribution in [-0.4, -0.2) is 69.4 Å². The van der Waals surface area contributed by atoms with Gasteiger partial charge in [0.2, 0.25) is 0 Å². The molecule has 1 N–H and O–H groups in total. The number of halogens is 5. The molecule has 11 heteroatoms. The number of likely N-dealkylation sites (N-methyl/N-ethyl adjacent to an activating group) is 1. The Morgan fingerprint density at radius 3 is 2.23 bits per heavy atom. The maximum absolute atomic E-state index is 14.3. The number of hydrogen-bond donors (Lipinski definition) is 1. The van der Waals surface area contributed by atoms with Crippen molar-refractivity contribution in [3.8, 4) is 0 Å². The Hall–Kier alpha value is -1.45. The number of carboxylic acids is 1. The molecule has 1 saturated heterocycles. The van der Waals surface area contributed by atoms with Crippen molar-refractivity contribution in [2.24, 2.45) is 11.8 Å². The molecule has 2 unspecified atom stereocenters. The van der Waals surface area contributed by atoms with E-state index in [4.69, 9.17) is 5.10 Å². The van der Waals surface area contributed by atoms with Crippen molar-refractivity contribution in [1.82, 2.24) is 19.6 Å². The lowest BCUT2D eigenvalue weighted by atomic mass is 9.75. The van der Waals surface area contributed by atoms with Crippen LogP contribution >= 0.6 is 37.2 Å². The first-order valence-corrected chi connectivity index (χ1v) is 15.3. The van der Waals surface area contributed by atoms with E-state index in [1.807, 2.05) is 25.8 Å². The van der Waals surface area contributed by atoms with E-state index in [1.165, 1.54) is 35.5 Å². The SMILES string of the molecule is CCc1nn(CC)c2c1CCC21CCN(CC2CC(N(C)[C@@H](C(=O)O)C(C)C)C[C@@H]2c2cc(F)cc(F)c2)CC1.Cl.Cl.Cl. The van der Waals surface area contributed by atoms with Crippen molar-refractivity contribution in [3.05, 3.63) is 52.3 Å². The molecule has 1 aliphatic heterocycles. The zero-order valence-corrected chi connectivity index (χ0v) is 28.5. The number of aryl methyl sites for hydroxylation is 2. The Labute approximate surface area is 274 Å². The molecule has 4 atom stereocenters. The number of piperidine rings is 1. The average molecular weight is 666 g/mol. The summed E-state index contributed by atoms with van der Waals surface area (Å²) in [5.74, 6) is -1.76. The third-order valence-corrected chi connectivity index (χ3v) is 10.3. The Balaban J connectivity index is 0.00000215. The average Bonchev–Trinajstić information content (AvgIpc) is 3.58. The van der Waals surface area contributed by atoms with Gasteiger partial charge in [-0.05, 0) is 113 Å². The molecule has 5 rings (SSSR count). The highest BCUT2D eigenvalue weighted by Gasteiger charge is 2.47. The summed E-state index contributed by atoms with van der Waals surface area (Å²) in [5, 5.41) is 14.9. The van der Waals surface area contributed by atoms with E-state index < -0.39 is 23.6 Å². The van der Waals surface area contributed by atoms with E-state index >= 15 is 0 Å². The molecule has 0 bridgehead atoms. The zero-order chi connectivity index (χ0) is 28.8. The van der Waals surface area contributed by atoms with Crippen LogP contribution in [-0.2, 0) is 29.6 Å². The summed E-state index contributed by atoms with van der Waals surface area (Å²) in [6.07, 6.45) is 7.06. The number of aliphatic carboxylic acids is 1. The topological polar surface area (TPSA) is 61.6 Å². The number of aromatic nitrogens is 2. The molecule has 1 aromatic carbocycles. The molecule has 2 aromatic rings. The monoisotopic (exact) mass is 664 g/mol. The fraction of sp³-hybridized carbons (Fsp3) is 0.688. The number of fused-ring (bicyclic) bond motifs is 2. The van der Waals surface area contributed by atoms with Gasteiger partial charge < -0.3 is 10.0 Å². The minimum absolute atomic E-state index is 0. The van der Waals surface area contributed by atoms with Crippen LogP contribution < -0.4 is 0 Å². The molecule has 0 radical (unpaired) electrons. The van der Waals surface area contributed by atoms with E-state index in [-0.39, 0.29) is 66.4 Å². The smallest absolute Gasteiger partial charge is 0.321 e. The molecule has 3 aliphatic rings. The number of likely N-dealkylation sites (tertiary alicyclic amines) is 1. The molecular weight excluding hydrogens is 617 g/mol. The summed E-state index contributed by atoms with van der Waals surface area (Å²) >= 11 is 0. The Morgan fingerprint density at radius 2 is 1.70 bits per heavy atom. The molecule has 2 heterocycles. The highest BCUT2D eigenvalue weighted by molar-refractivity contribution is 5.86. The molecule has 1 aromatic heterocycles. The van der Waals surface area contributed by atoms with Crippen LogP contribution in [0.3, 0.4) is 0 Å². The minimum Gasteiger partial charge on any atom is -0.480 e. The molecule has 1 spiro atoms. The van der Waals surface area contributed by atoms with Crippen LogP contribution in [0.4, 0.5) is 8.78 Å². The van der Waals surface area contributed by atoms with Crippen molar-refractivity contribution in [2.45, 2.75) is 103 Å². The molecule has 244 valence electrons. The van der Waals surface area contributed by atoms with Gasteiger partial charge in [0.1, 0.15) is 17.7 Å². The number of carbonyl (C=O) groups is 1. The third kappa shape index (κ3) is 7.35. The quantitative estimate of drug-likeness (QED) is 0.316. The van der Waals surface area contributed by atoms with Crippen molar-refractivity contribution in [3.63, 3.8) is 0 Å². The van der Waals surface area contributed by atoms with Crippen molar-refractivity contribution in [1.29, 1.82) is 0 Å². The van der Waals surface area contributed by atoms with Crippen LogP contribution in [0, 0.1) is 23.5 Å². The second-order valence-corrected chi connectivity index (χ2v) is 12.9. The molecule has 43 heavy (non-hydrogen) atoms. The number of nitrogens with zero attached hydrogens (tertiary/aromatic N) is 4. The standard InChI is InChI=1S/C32H46F2N4O2.3ClH/c1-6-28-26-8-9-32(30(26)38(7-2)35-28)10-12-37(13-11-32)19-22-16-25(36(5)29(20(3)4)31(39)40)18-27(22)21-14-23(33)17-24(34)15-21;;;/h14-15,17,20,22,25,27,29H,6-13,16,18-19H2,1-5H3,(H,39,40);3*1H/t22?,25?,27-,29-;;;/m1.../s1. The highest BCUT2D eigenvalue weighted by Crippen LogP contribution is 2.49. The number of benzene rings is 1. The van der Waals surface area contributed by atoms with Gasteiger partial charge in [0.05, 0.1) is 5.69 Å². The molecule has 2 aliphatic carbocycles. The number of hydrogen-bond acceptors (Lipinski definition) is 4. The second kappa shape index (κ2) is 15.2. The maximum atomic E-state index is 14.3.